The number of benzene rings is 1. The van der Waals surface area contributed by atoms with Crippen molar-refractivity contribution in [1.29, 1.82) is 0 Å². The van der Waals surface area contributed by atoms with Crippen LogP contribution in [0.5, 0.6) is 0 Å². The zero-order chi connectivity index (χ0) is 14.1. The van der Waals surface area contributed by atoms with E-state index in [0.29, 0.717) is 19.0 Å². The summed E-state index contributed by atoms with van der Waals surface area (Å²) in [5.41, 5.74) is 6.63. The van der Waals surface area contributed by atoms with Crippen molar-refractivity contribution in [3.63, 3.8) is 0 Å². The van der Waals surface area contributed by atoms with Crippen LogP contribution in [0, 0.1) is 5.92 Å². The average Bonchev–Trinajstić information content (AvgIpc) is 3.01. The number of halogens is 1. The standard InChI is InChI=1S/C15H20N4O.ClH/c1-11-6-12(7-16)8-19(11)15(20)10-18-9-13-4-2-3-5-14(13)17-18;/h2-5,9,11-12H,6-8,10,16H2,1H3;1H. The summed E-state index contributed by atoms with van der Waals surface area (Å²) >= 11 is 0. The number of nitrogens with zero attached hydrogens (tertiary/aromatic N) is 3. The van der Waals surface area contributed by atoms with E-state index < -0.39 is 0 Å². The normalized spacial score (nSPS) is 21.5. The van der Waals surface area contributed by atoms with Gasteiger partial charge in [-0.2, -0.15) is 5.10 Å². The lowest BCUT2D eigenvalue weighted by Crippen LogP contribution is -2.36. The second-order valence-corrected chi connectivity index (χ2v) is 5.62. The first-order valence-corrected chi connectivity index (χ1v) is 7.09. The van der Waals surface area contributed by atoms with Crippen molar-refractivity contribution >= 4 is 29.2 Å². The second kappa shape index (κ2) is 6.45. The van der Waals surface area contributed by atoms with Crippen molar-refractivity contribution < 1.29 is 4.79 Å². The third kappa shape index (κ3) is 3.19. The van der Waals surface area contributed by atoms with E-state index in [9.17, 15) is 4.79 Å². The van der Waals surface area contributed by atoms with E-state index in [1.165, 1.54) is 0 Å². The SMILES string of the molecule is CC1CC(CN)CN1C(=O)Cn1cc2ccccc2n1.Cl. The quantitative estimate of drug-likeness (QED) is 0.938. The van der Waals surface area contributed by atoms with E-state index in [0.717, 1.165) is 23.9 Å². The third-order valence-electron chi connectivity index (χ3n) is 4.07. The number of carbonyl (C=O) groups is 1. The molecule has 1 amide bonds. The van der Waals surface area contributed by atoms with Crippen molar-refractivity contribution in [2.75, 3.05) is 13.1 Å². The van der Waals surface area contributed by atoms with Crippen LogP contribution in [0.3, 0.4) is 0 Å². The summed E-state index contributed by atoms with van der Waals surface area (Å²) in [5, 5.41) is 5.50. The highest BCUT2D eigenvalue weighted by molar-refractivity contribution is 5.85. The Balaban J connectivity index is 0.00000161. The van der Waals surface area contributed by atoms with Crippen LogP contribution in [0.1, 0.15) is 13.3 Å². The van der Waals surface area contributed by atoms with Gasteiger partial charge in [0.15, 0.2) is 0 Å². The first-order chi connectivity index (χ1) is 9.67. The molecular weight excluding hydrogens is 288 g/mol. The van der Waals surface area contributed by atoms with Gasteiger partial charge in [-0.05, 0) is 31.9 Å². The highest BCUT2D eigenvalue weighted by atomic mass is 35.5. The van der Waals surface area contributed by atoms with Crippen molar-refractivity contribution in [2.45, 2.75) is 25.9 Å². The molecule has 0 aliphatic carbocycles. The molecule has 1 aliphatic heterocycles. The molecule has 2 aromatic rings. The summed E-state index contributed by atoms with van der Waals surface area (Å²) < 4.78 is 1.73. The summed E-state index contributed by atoms with van der Waals surface area (Å²) in [6.45, 7) is 3.82. The molecule has 1 aromatic heterocycles. The van der Waals surface area contributed by atoms with Gasteiger partial charge in [-0.25, -0.2) is 0 Å². The molecule has 2 heterocycles. The summed E-state index contributed by atoms with van der Waals surface area (Å²) in [4.78, 5) is 14.3. The lowest BCUT2D eigenvalue weighted by Gasteiger charge is -2.21. The number of carbonyl (C=O) groups excluding carboxylic acids is 1. The number of rotatable bonds is 3. The monoisotopic (exact) mass is 308 g/mol. The number of hydrogen-bond donors (Lipinski definition) is 1. The molecule has 0 spiro atoms. The molecule has 1 fully saturated rings. The topological polar surface area (TPSA) is 64.2 Å². The third-order valence-corrected chi connectivity index (χ3v) is 4.07. The van der Waals surface area contributed by atoms with Crippen LogP contribution in [0.25, 0.3) is 10.9 Å². The van der Waals surface area contributed by atoms with Crippen LogP contribution in [0.15, 0.2) is 30.5 Å². The predicted molar refractivity (Wildman–Crippen MR) is 85.3 cm³/mol. The fraction of sp³-hybridized carbons (Fsp3) is 0.467. The predicted octanol–water partition coefficient (Wildman–Crippen LogP) is 1.65. The van der Waals surface area contributed by atoms with Gasteiger partial charge in [0.25, 0.3) is 0 Å². The number of aromatic nitrogens is 2. The Bertz CT molecular complexity index is 594. The summed E-state index contributed by atoms with van der Waals surface area (Å²) in [5.74, 6) is 0.562. The number of likely N-dealkylation sites (tertiary alicyclic amines) is 1. The molecular formula is C15H21ClN4O. The Kier molecular flexibility index (Phi) is 4.85. The number of fused-ring (bicyclic) bond motifs is 1. The number of amides is 1. The highest BCUT2D eigenvalue weighted by Gasteiger charge is 2.31. The van der Waals surface area contributed by atoms with Crippen LogP contribution in [-0.4, -0.2) is 39.7 Å². The van der Waals surface area contributed by atoms with Gasteiger partial charge in [0, 0.05) is 24.2 Å². The van der Waals surface area contributed by atoms with Crippen LogP contribution in [0.4, 0.5) is 0 Å². The molecule has 2 N–H and O–H groups in total. The minimum Gasteiger partial charge on any atom is -0.338 e. The molecule has 21 heavy (non-hydrogen) atoms. The summed E-state index contributed by atoms with van der Waals surface area (Å²) in [6, 6.07) is 8.17. The van der Waals surface area contributed by atoms with Crippen molar-refractivity contribution in [2.24, 2.45) is 11.7 Å². The van der Waals surface area contributed by atoms with Crippen molar-refractivity contribution in [1.82, 2.24) is 14.7 Å². The van der Waals surface area contributed by atoms with Crippen LogP contribution < -0.4 is 5.73 Å². The van der Waals surface area contributed by atoms with E-state index in [1.54, 1.807) is 4.68 Å². The Morgan fingerprint density at radius 2 is 2.19 bits per heavy atom. The molecule has 2 atom stereocenters. The molecule has 2 unspecified atom stereocenters. The highest BCUT2D eigenvalue weighted by Crippen LogP contribution is 2.22. The maximum Gasteiger partial charge on any atom is 0.244 e. The van der Waals surface area contributed by atoms with Gasteiger partial charge in [0.1, 0.15) is 6.54 Å². The van der Waals surface area contributed by atoms with Gasteiger partial charge in [-0.1, -0.05) is 18.2 Å². The van der Waals surface area contributed by atoms with E-state index in [1.807, 2.05) is 35.4 Å². The van der Waals surface area contributed by atoms with Crippen LogP contribution in [0.2, 0.25) is 0 Å². The molecule has 1 aliphatic rings. The van der Waals surface area contributed by atoms with E-state index in [2.05, 4.69) is 12.0 Å². The zero-order valence-electron chi connectivity index (χ0n) is 12.1. The largest absolute Gasteiger partial charge is 0.338 e. The van der Waals surface area contributed by atoms with Crippen molar-refractivity contribution in [3.05, 3.63) is 30.5 Å². The van der Waals surface area contributed by atoms with Gasteiger partial charge in [0.05, 0.1) is 5.52 Å². The van der Waals surface area contributed by atoms with E-state index >= 15 is 0 Å². The molecule has 5 nitrogen and oxygen atoms in total. The van der Waals surface area contributed by atoms with E-state index in [4.69, 9.17) is 5.73 Å². The summed E-state index contributed by atoms with van der Waals surface area (Å²) in [6.07, 6.45) is 2.93. The molecule has 114 valence electrons. The van der Waals surface area contributed by atoms with Gasteiger partial charge in [-0.15, -0.1) is 12.4 Å². The van der Waals surface area contributed by atoms with Crippen LogP contribution >= 0.6 is 12.4 Å². The zero-order valence-corrected chi connectivity index (χ0v) is 12.9. The molecule has 0 bridgehead atoms. The average molecular weight is 309 g/mol. The fourth-order valence-corrected chi connectivity index (χ4v) is 2.99. The molecule has 6 heteroatoms. The molecule has 1 saturated heterocycles. The van der Waals surface area contributed by atoms with E-state index in [-0.39, 0.29) is 24.4 Å². The number of hydrogen-bond acceptors (Lipinski definition) is 3. The Hall–Kier alpha value is -1.59. The lowest BCUT2D eigenvalue weighted by atomic mass is 10.1. The smallest absolute Gasteiger partial charge is 0.244 e. The minimum atomic E-state index is 0. The van der Waals surface area contributed by atoms with Crippen LogP contribution in [-0.2, 0) is 11.3 Å². The maximum atomic E-state index is 12.4. The second-order valence-electron chi connectivity index (χ2n) is 5.62. The Labute approximate surface area is 130 Å². The first-order valence-electron chi connectivity index (χ1n) is 7.09. The van der Waals surface area contributed by atoms with Gasteiger partial charge >= 0.3 is 0 Å². The first kappa shape index (κ1) is 15.8. The molecule has 0 radical (unpaired) electrons. The summed E-state index contributed by atoms with van der Waals surface area (Å²) in [7, 11) is 0. The molecule has 1 aromatic carbocycles. The van der Waals surface area contributed by atoms with Gasteiger partial charge in [-0.3, -0.25) is 9.48 Å². The lowest BCUT2D eigenvalue weighted by molar-refractivity contribution is -0.132. The Morgan fingerprint density at radius 1 is 1.43 bits per heavy atom. The van der Waals surface area contributed by atoms with Gasteiger partial charge < -0.3 is 10.6 Å². The molecule has 0 saturated carbocycles. The van der Waals surface area contributed by atoms with Gasteiger partial charge in [0.2, 0.25) is 5.91 Å². The number of nitrogens with two attached hydrogens (primary N) is 1. The maximum absolute atomic E-state index is 12.4. The molecule has 3 rings (SSSR count). The Morgan fingerprint density at radius 3 is 2.86 bits per heavy atom. The van der Waals surface area contributed by atoms with Crippen molar-refractivity contribution in [3.8, 4) is 0 Å². The fourth-order valence-electron chi connectivity index (χ4n) is 2.99. The minimum absolute atomic E-state index is 0.